The lowest BCUT2D eigenvalue weighted by atomic mass is 9.95. The molecule has 0 radical (unpaired) electrons. The van der Waals surface area contributed by atoms with E-state index in [0.29, 0.717) is 0 Å². The highest BCUT2D eigenvalue weighted by molar-refractivity contribution is 8.76. The van der Waals surface area contributed by atoms with Crippen LogP contribution in [0, 0.1) is 0 Å². The molecule has 12 nitrogen and oxygen atoms in total. The van der Waals surface area contributed by atoms with E-state index in [4.69, 9.17) is 0 Å². The monoisotopic (exact) mass is 610 g/mol. The summed E-state index contributed by atoms with van der Waals surface area (Å²) >= 11 is 0. The molecule has 0 rings (SSSR count). The highest BCUT2D eigenvalue weighted by atomic mass is 33.1. The molecule has 0 heterocycles. The van der Waals surface area contributed by atoms with Crippen LogP contribution in [0.4, 0.5) is 0 Å². The Hall–Kier alpha value is 0.340. The molecule has 0 aromatic rings. The lowest BCUT2D eigenvalue weighted by Gasteiger charge is -2.33. The maximum Gasteiger partial charge on any atom is 0.270 e. The maximum absolute atomic E-state index is 11.9. The third kappa shape index (κ3) is 9.02. The lowest BCUT2D eigenvalue weighted by Crippen LogP contribution is -2.46. The van der Waals surface area contributed by atoms with Crippen molar-refractivity contribution in [3.63, 3.8) is 0 Å². The van der Waals surface area contributed by atoms with Gasteiger partial charge in [-0.2, -0.15) is 33.7 Å². The van der Waals surface area contributed by atoms with Crippen molar-refractivity contribution in [3.05, 3.63) is 0 Å². The van der Waals surface area contributed by atoms with Gasteiger partial charge in [0.05, 0.1) is 19.0 Å². The summed E-state index contributed by atoms with van der Waals surface area (Å²) in [5.74, 6) is 0.170. The Morgan fingerprint density at radius 1 is 0.500 bits per heavy atom. The van der Waals surface area contributed by atoms with E-state index in [2.05, 4.69) is 0 Å². The molecule has 2 atom stereocenters. The van der Waals surface area contributed by atoms with Crippen molar-refractivity contribution in [3.8, 4) is 0 Å². The first-order chi connectivity index (χ1) is 14.6. The summed E-state index contributed by atoms with van der Waals surface area (Å²) in [5.41, 5.74) is 0. The molecule has 18 heteroatoms. The fraction of sp³-hybridized carbons (Fsp3) is 1.00. The van der Waals surface area contributed by atoms with Crippen LogP contribution in [-0.2, 0) is 40.5 Å². The van der Waals surface area contributed by atoms with Crippen LogP contribution in [-0.4, -0.2) is 82.4 Å². The molecule has 0 aromatic carbocycles. The first-order valence-electron chi connectivity index (χ1n) is 9.75. The van der Waals surface area contributed by atoms with Gasteiger partial charge in [0.1, 0.15) is 0 Å². The molecule has 206 valence electrons. The van der Waals surface area contributed by atoms with Crippen LogP contribution in [0.5, 0.6) is 0 Å². The minimum Gasteiger partial charge on any atom is -0.285 e. The average molecular weight is 611 g/mol. The van der Waals surface area contributed by atoms with E-state index in [1.54, 1.807) is 0 Å². The zero-order chi connectivity index (χ0) is 27.7. The van der Waals surface area contributed by atoms with Crippen LogP contribution < -0.4 is 0 Å². The van der Waals surface area contributed by atoms with Gasteiger partial charge in [-0.25, -0.2) is 0 Å². The molecule has 4 N–H and O–H groups in total. The van der Waals surface area contributed by atoms with Crippen molar-refractivity contribution in [2.75, 3.05) is 11.5 Å². The predicted molar refractivity (Wildman–Crippen MR) is 135 cm³/mol. The van der Waals surface area contributed by atoms with E-state index in [9.17, 15) is 51.9 Å². The second-order valence-corrected chi connectivity index (χ2v) is 20.5. The third-order valence-corrected chi connectivity index (χ3v) is 14.4. The molecule has 0 aliphatic rings. The van der Waals surface area contributed by atoms with Gasteiger partial charge in [0.2, 0.25) is 0 Å². The van der Waals surface area contributed by atoms with Crippen molar-refractivity contribution in [2.45, 2.75) is 86.2 Å². The molecular formula is C16H34O12S6. The molecule has 0 amide bonds. The normalized spacial score (nSPS) is 18.3. The standard InChI is InChI=1S/C16H34O12S6/c1-13(2,31(17,18)19)11-15(5,33(23,24)25)7-9-29-30-10-8-16(6,34(26,27)28)12-14(3,4)32(20,21)22/h7-12H2,1-6H3,(H,17,18,19)(H,20,21,22)(H,23,24,25)(H,26,27,28). The minimum atomic E-state index is -4.72. The van der Waals surface area contributed by atoms with Crippen LogP contribution in [0.25, 0.3) is 0 Å². The van der Waals surface area contributed by atoms with Crippen molar-refractivity contribution < 1.29 is 51.9 Å². The largest absolute Gasteiger partial charge is 0.285 e. The molecule has 0 aromatic heterocycles. The SMILES string of the molecule is CC(C)(CC(C)(CCSSCCC(C)(CC(C)(C)S(=O)(=O)O)S(=O)(=O)O)S(=O)(=O)O)S(=O)(=O)O. The van der Waals surface area contributed by atoms with E-state index >= 15 is 0 Å². The molecule has 0 bridgehead atoms. The minimum absolute atomic E-state index is 0.0849. The van der Waals surface area contributed by atoms with Crippen molar-refractivity contribution >= 4 is 62.1 Å². The van der Waals surface area contributed by atoms with E-state index in [-0.39, 0.29) is 24.3 Å². The molecule has 0 spiro atoms. The number of rotatable bonds is 15. The van der Waals surface area contributed by atoms with Gasteiger partial charge >= 0.3 is 0 Å². The van der Waals surface area contributed by atoms with Crippen molar-refractivity contribution in [2.24, 2.45) is 0 Å². The summed E-state index contributed by atoms with van der Waals surface area (Å²) in [6, 6.07) is 0. The third-order valence-electron chi connectivity index (χ3n) is 5.75. The fourth-order valence-electron chi connectivity index (χ4n) is 3.23. The van der Waals surface area contributed by atoms with Crippen LogP contribution >= 0.6 is 21.6 Å². The first kappa shape index (κ1) is 34.3. The predicted octanol–water partition coefficient (Wildman–Crippen LogP) is 2.55. The smallest absolute Gasteiger partial charge is 0.270 e. The Morgan fingerprint density at radius 3 is 0.912 bits per heavy atom. The molecule has 0 aliphatic heterocycles. The quantitative estimate of drug-likeness (QED) is 0.119. The summed E-state index contributed by atoms with van der Waals surface area (Å²) < 4.78 is 124. The number of hydrogen-bond donors (Lipinski definition) is 4. The molecule has 34 heavy (non-hydrogen) atoms. The molecule has 0 aliphatic carbocycles. The first-order valence-corrected chi connectivity index (χ1v) is 18.0. The second-order valence-electron chi connectivity index (χ2n) is 9.82. The van der Waals surface area contributed by atoms with Crippen molar-refractivity contribution in [1.82, 2.24) is 0 Å². The summed E-state index contributed by atoms with van der Waals surface area (Å²) in [7, 11) is -16.5. The van der Waals surface area contributed by atoms with E-state index < -0.39 is 72.3 Å². The van der Waals surface area contributed by atoms with Gasteiger partial charge in [0.15, 0.2) is 0 Å². The van der Waals surface area contributed by atoms with Gasteiger partial charge in [-0.3, -0.25) is 18.2 Å². The Balaban J connectivity index is 5.26. The lowest BCUT2D eigenvalue weighted by molar-refractivity contribution is 0.368. The summed E-state index contributed by atoms with van der Waals surface area (Å²) in [5, 5.41) is 0. The van der Waals surface area contributed by atoms with Crippen LogP contribution in [0.3, 0.4) is 0 Å². The Morgan fingerprint density at radius 2 is 0.735 bits per heavy atom. The van der Waals surface area contributed by atoms with Crippen molar-refractivity contribution in [1.29, 1.82) is 0 Å². The van der Waals surface area contributed by atoms with E-state index in [0.717, 1.165) is 63.1 Å². The van der Waals surface area contributed by atoms with Gasteiger partial charge in [0.25, 0.3) is 40.5 Å². The molecular weight excluding hydrogens is 577 g/mol. The zero-order valence-electron chi connectivity index (χ0n) is 19.7. The number of hydrogen-bond acceptors (Lipinski definition) is 10. The van der Waals surface area contributed by atoms with Gasteiger partial charge < -0.3 is 0 Å². The average Bonchev–Trinajstić information content (AvgIpc) is 2.53. The Kier molecular flexibility index (Phi) is 11.1. The van der Waals surface area contributed by atoms with Crippen LogP contribution in [0.1, 0.15) is 67.2 Å². The van der Waals surface area contributed by atoms with Gasteiger partial charge in [-0.05, 0) is 67.2 Å². The molecule has 0 fully saturated rings. The van der Waals surface area contributed by atoms with Crippen LogP contribution in [0.2, 0.25) is 0 Å². The van der Waals surface area contributed by atoms with Gasteiger partial charge in [0, 0.05) is 11.5 Å². The highest BCUT2D eigenvalue weighted by Crippen LogP contribution is 2.39. The fourth-order valence-corrected chi connectivity index (χ4v) is 8.99. The van der Waals surface area contributed by atoms with E-state index in [1.165, 1.54) is 0 Å². The topological polar surface area (TPSA) is 217 Å². The van der Waals surface area contributed by atoms with Gasteiger partial charge in [-0.1, -0.05) is 21.6 Å². The second kappa shape index (κ2) is 11.0. The summed E-state index contributed by atoms with van der Waals surface area (Å²) in [6.07, 6.45) is -1.58. The molecule has 0 saturated carbocycles. The van der Waals surface area contributed by atoms with E-state index in [1.807, 2.05) is 0 Å². The summed E-state index contributed by atoms with van der Waals surface area (Å²) in [4.78, 5) is 0. The Bertz CT molecular complexity index is 1050. The molecule has 0 saturated heterocycles. The van der Waals surface area contributed by atoms with Gasteiger partial charge in [-0.15, -0.1) is 0 Å². The maximum atomic E-state index is 11.9. The summed E-state index contributed by atoms with van der Waals surface area (Å²) in [6.45, 7) is 6.78. The Labute approximate surface area is 210 Å². The van der Waals surface area contributed by atoms with Crippen LogP contribution in [0.15, 0.2) is 0 Å². The highest BCUT2D eigenvalue weighted by Gasteiger charge is 2.48. The molecule has 2 unspecified atom stereocenters. The zero-order valence-corrected chi connectivity index (χ0v) is 24.6.